The summed E-state index contributed by atoms with van der Waals surface area (Å²) in [4.78, 5) is 15.5. The Kier molecular flexibility index (Phi) is 4.91. The van der Waals surface area contributed by atoms with E-state index in [0.717, 1.165) is 68.9 Å². The summed E-state index contributed by atoms with van der Waals surface area (Å²) in [5.41, 5.74) is 3.62. The Balaban J connectivity index is 1.20. The number of piperazine rings is 1. The summed E-state index contributed by atoms with van der Waals surface area (Å²) in [6, 6.07) is 5.12. The standard InChI is InChI=1S/C24H31N7O/c1-17-3-6-31-24(18(17)2)30(16-26-31)23-14-19-13-22(25-15-21(19)27-23)29-9-7-28(8-10-29)20-4-11-32-12-5-20/h3,13-16,20,27H,4-12H2,1-2H3. The molecule has 2 aromatic rings. The number of allylic oxidation sites excluding steroid dienone is 2. The Morgan fingerprint density at radius 1 is 1.06 bits per heavy atom. The number of anilines is 2. The SMILES string of the molecule is CC1=CCN2N=CN(c3cc4cc(N5CCN(C6CCOCC6)CC5)ncc4[nH]3)C2=C1C. The molecule has 2 fully saturated rings. The molecule has 168 valence electrons. The smallest absolute Gasteiger partial charge is 0.139 e. The third kappa shape index (κ3) is 3.38. The van der Waals surface area contributed by atoms with Crippen LogP contribution in [0.5, 0.6) is 0 Å². The average Bonchev–Trinajstić information content (AvgIpc) is 3.46. The van der Waals surface area contributed by atoms with Gasteiger partial charge < -0.3 is 14.6 Å². The number of nitrogens with one attached hydrogen (secondary N) is 1. The van der Waals surface area contributed by atoms with Crippen molar-refractivity contribution in [2.45, 2.75) is 32.7 Å². The first-order valence-electron chi connectivity index (χ1n) is 11.7. The van der Waals surface area contributed by atoms with Crippen LogP contribution >= 0.6 is 0 Å². The van der Waals surface area contributed by atoms with Crippen molar-refractivity contribution in [2.24, 2.45) is 5.10 Å². The van der Waals surface area contributed by atoms with E-state index >= 15 is 0 Å². The summed E-state index contributed by atoms with van der Waals surface area (Å²) >= 11 is 0. The zero-order valence-electron chi connectivity index (χ0n) is 18.9. The van der Waals surface area contributed by atoms with Crippen molar-refractivity contribution in [3.63, 3.8) is 0 Å². The van der Waals surface area contributed by atoms with Gasteiger partial charge in [-0.3, -0.25) is 9.80 Å². The normalized spacial score (nSPS) is 22.8. The van der Waals surface area contributed by atoms with Gasteiger partial charge in [0.2, 0.25) is 0 Å². The van der Waals surface area contributed by atoms with E-state index in [1.54, 1.807) is 0 Å². The lowest BCUT2D eigenvalue weighted by molar-refractivity contribution is 0.0321. The molecule has 0 aliphatic carbocycles. The Morgan fingerprint density at radius 2 is 1.88 bits per heavy atom. The van der Waals surface area contributed by atoms with Gasteiger partial charge in [0.05, 0.1) is 18.3 Å². The van der Waals surface area contributed by atoms with Crippen molar-refractivity contribution in [2.75, 3.05) is 55.7 Å². The molecule has 0 radical (unpaired) electrons. The van der Waals surface area contributed by atoms with E-state index in [0.29, 0.717) is 6.04 Å². The summed E-state index contributed by atoms with van der Waals surface area (Å²) < 4.78 is 5.53. The molecule has 4 aliphatic rings. The minimum atomic E-state index is 0.686. The van der Waals surface area contributed by atoms with Gasteiger partial charge in [-0.15, -0.1) is 0 Å². The minimum Gasteiger partial charge on any atom is -0.381 e. The fourth-order valence-corrected chi connectivity index (χ4v) is 5.26. The predicted molar refractivity (Wildman–Crippen MR) is 128 cm³/mol. The molecule has 0 bridgehead atoms. The van der Waals surface area contributed by atoms with Crippen molar-refractivity contribution in [1.29, 1.82) is 0 Å². The second-order valence-corrected chi connectivity index (χ2v) is 9.17. The first-order valence-corrected chi connectivity index (χ1v) is 11.7. The minimum absolute atomic E-state index is 0.686. The molecular formula is C24H31N7O. The third-order valence-corrected chi connectivity index (χ3v) is 7.36. The molecule has 0 saturated carbocycles. The van der Waals surface area contributed by atoms with Gasteiger partial charge in [0.25, 0.3) is 0 Å². The first kappa shape index (κ1) is 19.8. The van der Waals surface area contributed by atoms with E-state index < -0.39 is 0 Å². The van der Waals surface area contributed by atoms with Gasteiger partial charge in [0.1, 0.15) is 23.8 Å². The Morgan fingerprint density at radius 3 is 2.69 bits per heavy atom. The van der Waals surface area contributed by atoms with Crippen LogP contribution in [-0.4, -0.2) is 78.2 Å². The fourth-order valence-electron chi connectivity index (χ4n) is 5.26. The van der Waals surface area contributed by atoms with Crippen LogP contribution in [0.4, 0.5) is 11.6 Å². The van der Waals surface area contributed by atoms with Crippen molar-refractivity contribution < 1.29 is 4.74 Å². The van der Waals surface area contributed by atoms with Crippen LogP contribution in [0.1, 0.15) is 26.7 Å². The van der Waals surface area contributed by atoms with Crippen LogP contribution in [-0.2, 0) is 4.74 Å². The van der Waals surface area contributed by atoms with E-state index in [1.807, 2.05) is 12.5 Å². The monoisotopic (exact) mass is 433 g/mol. The molecule has 6 rings (SSSR count). The zero-order chi connectivity index (χ0) is 21.7. The summed E-state index contributed by atoms with van der Waals surface area (Å²) in [7, 11) is 0. The Bertz CT molecular complexity index is 1100. The van der Waals surface area contributed by atoms with Gasteiger partial charge in [0, 0.05) is 50.8 Å². The van der Waals surface area contributed by atoms with Crippen molar-refractivity contribution in [3.8, 4) is 0 Å². The second kappa shape index (κ2) is 7.94. The summed E-state index contributed by atoms with van der Waals surface area (Å²) in [6.45, 7) is 11.2. The molecule has 8 heteroatoms. The van der Waals surface area contributed by atoms with E-state index in [-0.39, 0.29) is 0 Å². The number of aromatic nitrogens is 2. The predicted octanol–water partition coefficient (Wildman–Crippen LogP) is 3.12. The van der Waals surface area contributed by atoms with Crippen LogP contribution in [0, 0.1) is 0 Å². The van der Waals surface area contributed by atoms with Crippen LogP contribution in [0.25, 0.3) is 10.9 Å². The van der Waals surface area contributed by atoms with Crippen molar-refractivity contribution >= 4 is 28.9 Å². The van der Waals surface area contributed by atoms with Crippen LogP contribution in [0.2, 0.25) is 0 Å². The Labute approximate surface area is 188 Å². The molecule has 4 aliphatic heterocycles. The molecule has 0 aromatic carbocycles. The molecule has 6 heterocycles. The molecule has 32 heavy (non-hydrogen) atoms. The molecule has 2 saturated heterocycles. The first-order chi connectivity index (χ1) is 15.7. The molecule has 0 unspecified atom stereocenters. The molecule has 0 atom stereocenters. The van der Waals surface area contributed by atoms with Crippen molar-refractivity contribution in [1.82, 2.24) is 19.9 Å². The van der Waals surface area contributed by atoms with Gasteiger partial charge in [-0.25, -0.2) is 9.99 Å². The molecule has 0 amide bonds. The maximum Gasteiger partial charge on any atom is 0.139 e. The fraction of sp³-hybridized carbons (Fsp3) is 0.500. The molecular weight excluding hydrogens is 402 g/mol. The largest absolute Gasteiger partial charge is 0.381 e. The molecule has 2 aromatic heterocycles. The lowest BCUT2D eigenvalue weighted by Gasteiger charge is -2.41. The van der Waals surface area contributed by atoms with E-state index in [2.05, 4.69) is 61.9 Å². The highest BCUT2D eigenvalue weighted by molar-refractivity contribution is 5.92. The average molecular weight is 434 g/mol. The number of pyridine rings is 1. The van der Waals surface area contributed by atoms with Gasteiger partial charge in [0.15, 0.2) is 0 Å². The van der Waals surface area contributed by atoms with E-state index in [4.69, 9.17) is 9.72 Å². The number of nitrogens with zero attached hydrogens (tertiary/aromatic N) is 6. The number of fused-ring (bicyclic) bond motifs is 2. The zero-order valence-corrected chi connectivity index (χ0v) is 18.9. The number of ether oxygens (including phenoxy) is 1. The number of hydrogen-bond donors (Lipinski definition) is 1. The summed E-state index contributed by atoms with van der Waals surface area (Å²) in [6.07, 6.45) is 8.43. The van der Waals surface area contributed by atoms with Gasteiger partial charge >= 0.3 is 0 Å². The third-order valence-electron chi connectivity index (χ3n) is 7.36. The lowest BCUT2D eigenvalue weighted by Crippen LogP contribution is -2.51. The van der Waals surface area contributed by atoms with Crippen LogP contribution in [0.15, 0.2) is 46.5 Å². The number of aromatic amines is 1. The molecule has 0 spiro atoms. The number of hydrazone groups is 1. The maximum absolute atomic E-state index is 5.53. The van der Waals surface area contributed by atoms with Crippen molar-refractivity contribution in [3.05, 3.63) is 41.4 Å². The van der Waals surface area contributed by atoms with Crippen LogP contribution < -0.4 is 9.80 Å². The highest BCUT2D eigenvalue weighted by Gasteiger charge is 2.29. The maximum atomic E-state index is 5.53. The van der Waals surface area contributed by atoms with Gasteiger partial charge in [-0.1, -0.05) is 6.08 Å². The second-order valence-electron chi connectivity index (χ2n) is 9.17. The molecule has 1 N–H and O–H groups in total. The van der Waals surface area contributed by atoms with E-state index in [9.17, 15) is 0 Å². The van der Waals surface area contributed by atoms with Gasteiger partial charge in [-0.2, -0.15) is 5.10 Å². The summed E-state index contributed by atoms with van der Waals surface area (Å²) in [5.74, 6) is 3.23. The highest BCUT2D eigenvalue weighted by atomic mass is 16.5. The van der Waals surface area contributed by atoms with Gasteiger partial charge in [-0.05, 0) is 50.0 Å². The van der Waals surface area contributed by atoms with Crippen LogP contribution in [0.3, 0.4) is 0 Å². The quantitative estimate of drug-likeness (QED) is 0.803. The topological polar surface area (TPSA) is 63.2 Å². The Hall–Kier alpha value is -2.84. The number of hydrogen-bond acceptors (Lipinski definition) is 7. The number of rotatable bonds is 3. The summed E-state index contributed by atoms with van der Waals surface area (Å²) in [5, 5.41) is 7.82. The molecule has 8 nitrogen and oxygen atoms in total. The highest BCUT2D eigenvalue weighted by Crippen LogP contribution is 2.34. The lowest BCUT2D eigenvalue weighted by atomic mass is 10.1. The van der Waals surface area contributed by atoms with E-state index in [1.165, 1.54) is 29.4 Å². The number of H-pyrrole nitrogens is 1.